The van der Waals surface area contributed by atoms with Gasteiger partial charge in [-0.3, -0.25) is 4.79 Å². The summed E-state index contributed by atoms with van der Waals surface area (Å²) >= 11 is 0. The SMILES string of the molecule is CCN1C(=O)c2cccc3c(S(=O)(=O)N4CC(C)OC(C)C4)ccc1c23. The van der Waals surface area contributed by atoms with Crippen molar-refractivity contribution in [3.63, 3.8) is 0 Å². The molecule has 2 aliphatic rings. The van der Waals surface area contributed by atoms with Crippen LogP contribution in [0.1, 0.15) is 31.1 Å². The monoisotopic (exact) mass is 374 g/mol. The summed E-state index contributed by atoms with van der Waals surface area (Å²) in [5.41, 5.74) is 1.35. The lowest BCUT2D eigenvalue weighted by Crippen LogP contribution is -2.48. The van der Waals surface area contributed by atoms with E-state index in [4.69, 9.17) is 4.74 Å². The van der Waals surface area contributed by atoms with E-state index in [1.807, 2.05) is 20.8 Å². The largest absolute Gasteiger partial charge is 0.373 e. The van der Waals surface area contributed by atoms with Crippen LogP contribution in [-0.2, 0) is 14.8 Å². The highest BCUT2D eigenvalue weighted by atomic mass is 32.2. The topological polar surface area (TPSA) is 66.9 Å². The van der Waals surface area contributed by atoms with Gasteiger partial charge in [-0.05, 0) is 39.0 Å². The van der Waals surface area contributed by atoms with E-state index in [2.05, 4.69) is 0 Å². The zero-order chi connectivity index (χ0) is 18.6. The maximum absolute atomic E-state index is 13.3. The van der Waals surface area contributed by atoms with Crippen LogP contribution in [0, 0.1) is 0 Å². The average molecular weight is 374 g/mol. The zero-order valence-corrected chi connectivity index (χ0v) is 15.9. The molecule has 138 valence electrons. The summed E-state index contributed by atoms with van der Waals surface area (Å²) in [5, 5.41) is 1.34. The van der Waals surface area contributed by atoms with Crippen molar-refractivity contribution in [2.24, 2.45) is 0 Å². The van der Waals surface area contributed by atoms with Crippen LogP contribution < -0.4 is 4.90 Å². The van der Waals surface area contributed by atoms with Gasteiger partial charge in [-0.15, -0.1) is 0 Å². The number of ether oxygens (including phenoxy) is 1. The molecule has 4 rings (SSSR count). The van der Waals surface area contributed by atoms with Gasteiger partial charge in [-0.1, -0.05) is 12.1 Å². The number of anilines is 1. The average Bonchev–Trinajstić information content (AvgIpc) is 2.87. The second-order valence-electron chi connectivity index (χ2n) is 6.94. The van der Waals surface area contributed by atoms with E-state index in [1.54, 1.807) is 35.2 Å². The first-order chi connectivity index (χ1) is 12.3. The molecule has 2 heterocycles. The van der Waals surface area contributed by atoms with Crippen LogP contribution in [0.2, 0.25) is 0 Å². The molecule has 0 radical (unpaired) electrons. The molecule has 1 fully saturated rings. The number of sulfonamides is 1. The molecule has 0 aliphatic carbocycles. The lowest BCUT2D eigenvalue weighted by atomic mass is 10.1. The van der Waals surface area contributed by atoms with Gasteiger partial charge in [0, 0.05) is 36.0 Å². The number of carbonyl (C=O) groups is 1. The second kappa shape index (κ2) is 6.04. The van der Waals surface area contributed by atoms with Crippen molar-refractivity contribution in [3.8, 4) is 0 Å². The van der Waals surface area contributed by atoms with Crippen LogP contribution in [0.25, 0.3) is 10.8 Å². The third-order valence-corrected chi connectivity index (χ3v) is 6.95. The van der Waals surface area contributed by atoms with E-state index < -0.39 is 10.0 Å². The predicted octanol–water partition coefficient (Wildman–Crippen LogP) is 2.62. The normalized spacial score (nSPS) is 23.8. The van der Waals surface area contributed by atoms with Gasteiger partial charge in [0.25, 0.3) is 5.91 Å². The molecule has 1 saturated heterocycles. The van der Waals surface area contributed by atoms with Crippen molar-refractivity contribution in [3.05, 3.63) is 35.9 Å². The van der Waals surface area contributed by atoms with Crippen LogP contribution in [0.4, 0.5) is 5.69 Å². The van der Waals surface area contributed by atoms with E-state index in [0.717, 1.165) is 11.1 Å². The Balaban J connectivity index is 1.89. The molecule has 2 aliphatic heterocycles. The van der Waals surface area contributed by atoms with Gasteiger partial charge in [0.2, 0.25) is 10.0 Å². The van der Waals surface area contributed by atoms with E-state index in [-0.39, 0.29) is 23.0 Å². The second-order valence-corrected chi connectivity index (χ2v) is 8.85. The third kappa shape index (κ3) is 2.46. The Labute approximate surface area is 153 Å². The maximum Gasteiger partial charge on any atom is 0.258 e. The smallest absolute Gasteiger partial charge is 0.258 e. The molecule has 6 nitrogen and oxygen atoms in total. The van der Waals surface area contributed by atoms with Gasteiger partial charge in [0.05, 0.1) is 22.8 Å². The van der Waals surface area contributed by atoms with Crippen molar-refractivity contribution in [2.45, 2.75) is 37.9 Å². The number of morpholine rings is 1. The first-order valence-electron chi connectivity index (χ1n) is 8.87. The fourth-order valence-electron chi connectivity index (χ4n) is 4.02. The molecular weight excluding hydrogens is 352 g/mol. The van der Waals surface area contributed by atoms with Gasteiger partial charge in [0.1, 0.15) is 0 Å². The standard InChI is InChI=1S/C19H22N2O4S/c1-4-21-16-8-9-17(14-6-5-7-15(18(14)16)19(21)22)26(23,24)20-10-12(2)25-13(3)11-20/h5-9,12-13H,4,10-11H2,1-3H3. The molecule has 0 saturated carbocycles. The van der Waals surface area contributed by atoms with Crippen molar-refractivity contribution < 1.29 is 17.9 Å². The minimum atomic E-state index is -3.68. The number of hydrogen-bond donors (Lipinski definition) is 0. The Hall–Kier alpha value is -1.96. The van der Waals surface area contributed by atoms with Crippen LogP contribution >= 0.6 is 0 Å². The molecule has 7 heteroatoms. The molecule has 2 atom stereocenters. The Morgan fingerprint density at radius 1 is 1.12 bits per heavy atom. The molecule has 0 N–H and O–H groups in total. The molecule has 0 bridgehead atoms. The number of rotatable bonds is 3. The lowest BCUT2D eigenvalue weighted by molar-refractivity contribution is -0.0440. The van der Waals surface area contributed by atoms with Crippen LogP contribution in [-0.4, -0.2) is 50.5 Å². The molecule has 2 aromatic carbocycles. The number of amides is 1. The number of carbonyl (C=O) groups excluding carboxylic acids is 1. The molecule has 2 aromatic rings. The molecule has 1 amide bonds. The summed E-state index contributed by atoms with van der Waals surface area (Å²) < 4.78 is 33.8. The summed E-state index contributed by atoms with van der Waals surface area (Å²) in [6.07, 6.45) is -0.301. The van der Waals surface area contributed by atoms with Gasteiger partial charge in [-0.25, -0.2) is 8.42 Å². The van der Waals surface area contributed by atoms with E-state index in [1.165, 1.54) is 4.31 Å². The van der Waals surface area contributed by atoms with Gasteiger partial charge in [0.15, 0.2) is 0 Å². The zero-order valence-electron chi connectivity index (χ0n) is 15.1. The number of benzene rings is 2. The van der Waals surface area contributed by atoms with Crippen LogP contribution in [0.3, 0.4) is 0 Å². The number of nitrogens with zero attached hydrogens (tertiary/aromatic N) is 2. The van der Waals surface area contributed by atoms with Crippen LogP contribution in [0.15, 0.2) is 35.2 Å². The Kier molecular flexibility index (Phi) is 4.06. The Morgan fingerprint density at radius 3 is 2.46 bits per heavy atom. The van der Waals surface area contributed by atoms with Crippen molar-refractivity contribution in [1.29, 1.82) is 0 Å². The lowest BCUT2D eigenvalue weighted by Gasteiger charge is -2.34. The van der Waals surface area contributed by atoms with Crippen molar-refractivity contribution in [2.75, 3.05) is 24.5 Å². The summed E-state index contributed by atoms with van der Waals surface area (Å²) in [6.45, 7) is 6.88. The highest BCUT2D eigenvalue weighted by molar-refractivity contribution is 7.89. The van der Waals surface area contributed by atoms with Crippen molar-refractivity contribution in [1.82, 2.24) is 4.31 Å². The Bertz CT molecular complexity index is 992. The quantitative estimate of drug-likeness (QED) is 0.828. The minimum Gasteiger partial charge on any atom is -0.373 e. The summed E-state index contributed by atoms with van der Waals surface area (Å²) in [4.78, 5) is 14.5. The predicted molar refractivity (Wildman–Crippen MR) is 100 cm³/mol. The van der Waals surface area contributed by atoms with Gasteiger partial charge in [-0.2, -0.15) is 4.31 Å². The Morgan fingerprint density at radius 2 is 1.81 bits per heavy atom. The fourth-order valence-corrected chi connectivity index (χ4v) is 5.80. The maximum atomic E-state index is 13.3. The summed E-state index contributed by atoms with van der Waals surface area (Å²) in [5.74, 6) is -0.0729. The molecule has 0 aromatic heterocycles. The third-order valence-electron chi connectivity index (χ3n) is 5.07. The van der Waals surface area contributed by atoms with Crippen LogP contribution in [0.5, 0.6) is 0 Å². The summed E-state index contributed by atoms with van der Waals surface area (Å²) in [6, 6.07) is 8.68. The van der Waals surface area contributed by atoms with E-state index >= 15 is 0 Å². The van der Waals surface area contributed by atoms with E-state index in [0.29, 0.717) is 30.6 Å². The van der Waals surface area contributed by atoms with E-state index in [9.17, 15) is 13.2 Å². The molecule has 26 heavy (non-hydrogen) atoms. The number of hydrogen-bond acceptors (Lipinski definition) is 4. The highest BCUT2D eigenvalue weighted by Gasteiger charge is 2.36. The fraction of sp³-hybridized carbons (Fsp3) is 0.421. The highest BCUT2D eigenvalue weighted by Crippen LogP contribution is 2.40. The first-order valence-corrected chi connectivity index (χ1v) is 10.3. The van der Waals surface area contributed by atoms with Crippen molar-refractivity contribution >= 4 is 32.4 Å². The molecule has 2 unspecified atom stereocenters. The molecular formula is C19H22N2O4S. The first kappa shape index (κ1) is 17.5. The van der Waals surface area contributed by atoms with Gasteiger partial charge < -0.3 is 9.64 Å². The molecule has 0 spiro atoms. The van der Waals surface area contributed by atoms with Gasteiger partial charge >= 0.3 is 0 Å². The minimum absolute atomic E-state index is 0.0729. The summed E-state index contributed by atoms with van der Waals surface area (Å²) in [7, 11) is -3.68.